The zero-order chi connectivity index (χ0) is 20.4. The molecule has 2 amide bonds. The molecule has 0 atom stereocenters. The number of hydrogen-bond donors (Lipinski definition) is 1. The predicted octanol–water partition coefficient (Wildman–Crippen LogP) is 3.76. The highest BCUT2D eigenvalue weighted by Gasteiger charge is 2.26. The summed E-state index contributed by atoms with van der Waals surface area (Å²) in [5.74, 6) is 0.255. The van der Waals surface area contributed by atoms with Crippen LogP contribution in [-0.2, 0) is 13.0 Å². The van der Waals surface area contributed by atoms with Gasteiger partial charge in [0.2, 0.25) is 0 Å². The summed E-state index contributed by atoms with van der Waals surface area (Å²) in [7, 11) is 1.57. The van der Waals surface area contributed by atoms with Crippen LogP contribution in [0.2, 0.25) is 0 Å². The van der Waals surface area contributed by atoms with Crippen molar-refractivity contribution in [3.63, 3.8) is 0 Å². The topological polar surface area (TPSA) is 84.4 Å². The van der Waals surface area contributed by atoms with E-state index in [0.29, 0.717) is 41.6 Å². The Bertz CT molecular complexity index is 1070. The van der Waals surface area contributed by atoms with E-state index in [1.807, 2.05) is 0 Å². The van der Waals surface area contributed by atoms with Crippen molar-refractivity contribution in [3.05, 3.63) is 68.9 Å². The van der Waals surface area contributed by atoms with E-state index in [4.69, 9.17) is 4.74 Å². The molecule has 0 fully saturated rings. The summed E-state index contributed by atoms with van der Waals surface area (Å²) in [6.45, 7) is 1.02. The van der Waals surface area contributed by atoms with E-state index in [1.165, 1.54) is 11.3 Å². The maximum Gasteiger partial charge on any atom is 0.276 e. The predicted molar refractivity (Wildman–Crippen MR) is 113 cm³/mol. The summed E-state index contributed by atoms with van der Waals surface area (Å²) < 4.78 is 5.96. The van der Waals surface area contributed by atoms with Crippen LogP contribution < -0.4 is 10.1 Å². The summed E-state index contributed by atoms with van der Waals surface area (Å²) in [6, 6.07) is 10.5. The Morgan fingerprint density at radius 3 is 2.90 bits per heavy atom. The van der Waals surface area contributed by atoms with E-state index in [2.05, 4.69) is 31.2 Å². The van der Waals surface area contributed by atoms with E-state index in [0.717, 1.165) is 15.0 Å². The number of nitrogens with one attached hydrogen (secondary N) is 1. The van der Waals surface area contributed by atoms with Crippen LogP contribution in [0.3, 0.4) is 0 Å². The van der Waals surface area contributed by atoms with Gasteiger partial charge in [-0.25, -0.2) is 4.98 Å². The summed E-state index contributed by atoms with van der Waals surface area (Å²) in [4.78, 5) is 36.6. The van der Waals surface area contributed by atoms with Crippen molar-refractivity contribution in [2.75, 3.05) is 19.0 Å². The number of nitrogens with zero attached hydrogens (tertiary/aromatic N) is 3. The summed E-state index contributed by atoms with van der Waals surface area (Å²) in [6.07, 6.45) is 2.21. The highest BCUT2D eigenvalue weighted by Crippen LogP contribution is 2.31. The van der Waals surface area contributed by atoms with E-state index >= 15 is 0 Å². The number of methoxy groups -OCH3 is 1. The van der Waals surface area contributed by atoms with Gasteiger partial charge in [0.25, 0.3) is 11.8 Å². The largest absolute Gasteiger partial charge is 0.497 e. The average molecular weight is 473 g/mol. The van der Waals surface area contributed by atoms with Gasteiger partial charge >= 0.3 is 0 Å². The molecule has 0 aliphatic carbocycles. The monoisotopic (exact) mass is 472 g/mol. The maximum absolute atomic E-state index is 13.0. The third kappa shape index (κ3) is 4.15. The minimum atomic E-state index is -0.301. The molecule has 0 unspecified atom stereocenters. The van der Waals surface area contributed by atoms with Gasteiger partial charge in [-0.15, -0.1) is 0 Å². The lowest BCUT2D eigenvalue weighted by Crippen LogP contribution is -2.35. The number of thiazole rings is 1. The third-order valence-electron chi connectivity index (χ3n) is 4.54. The Balaban J connectivity index is 1.49. The number of carbonyl (C=O) groups is 2. The molecule has 0 radical (unpaired) electrons. The van der Waals surface area contributed by atoms with Gasteiger partial charge in [-0.3, -0.25) is 19.9 Å². The first-order chi connectivity index (χ1) is 14.0. The Hall–Kier alpha value is -2.78. The van der Waals surface area contributed by atoms with Crippen LogP contribution in [0.1, 0.15) is 31.4 Å². The normalized spacial score (nSPS) is 13.0. The molecular formula is C20H17BrN4O3S. The molecule has 2 aromatic heterocycles. The van der Waals surface area contributed by atoms with Crippen LogP contribution in [0.25, 0.3) is 0 Å². The lowest BCUT2D eigenvalue weighted by atomic mass is 10.1. The van der Waals surface area contributed by atoms with E-state index in [1.54, 1.807) is 54.6 Å². The van der Waals surface area contributed by atoms with Crippen molar-refractivity contribution < 1.29 is 14.3 Å². The Labute approximate surface area is 179 Å². The van der Waals surface area contributed by atoms with Gasteiger partial charge in [0.05, 0.1) is 24.9 Å². The molecule has 3 aromatic rings. The van der Waals surface area contributed by atoms with Gasteiger partial charge in [-0.1, -0.05) is 17.4 Å². The van der Waals surface area contributed by atoms with E-state index in [9.17, 15) is 9.59 Å². The minimum Gasteiger partial charge on any atom is -0.497 e. The molecule has 4 rings (SSSR count). The SMILES string of the molecule is COc1ccc(Br)c(C(=O)N2CCc3nc(NC(=O)c4ccccn4)sc3C2)c1. The molecule has 7 nitrogen and oxygen atoms in total. The van der Waals surface area contributed by atoms with Crippen molar-refractivity contribution in [1.29, 1.82) is 0 Å². The van der Waals surface area contributed by atoms with E-state index in [-0.39, 0.29) is 11.8 Å². The van der Waals surface area contributed by atoms with Crippen LogP contribution in [-0.4, -0.2) is 40.3 Å². The molecule has 0 saturated carbocycles. The summed E-state index contributed by atoms with van der Waals surface area (Å²) in [5.41, 5.74) is 1.81. The van der Waals surface area contributed by atoms with Gasteiger partial charge in [0.1, 0.15) is 11.4 Å². The first-order valence-corrected chi connectivity index (χ1v) is 10.5. The molecule has 1 N–H and O–H groups in total. The zero-order valence-electron chi connectivity index (χ0n) is 15.5. The molecule has 1 aromatic carbocycles. The fourth-order valence-electron chi connectivity index (χ4n) is 3.05. The Kier molecular flexibility index (Phi) is 5.59. The van der Waals surface area contributed by atoms with Crippen LogP contribution >= 0.6 is 27.3 Å². The number of halogens is 1. The third-order valence-corrected chi connectivity index (χ3v) is 6.23. The molecule has 0 spiro atoms. The molecule has 0 saturated heterocycles. The van der Waals surface area contributed by atoms with Crippen LogP contribution in [0.4, 0.5) is 5.13 Å². The lowest BCUT2D eigenvalue weighted by Gasteiger charge is -2.26. The number of amides is 2. The quantitative estimate of drug-likeness (QED) is 0.624. The van der Waals surface area contributed by atoms with Gasteiger partial charge in [-0.05, 0) is 46.3 Å². The van der Waals surface area contributed by atoms with Crippen molar-refractivity contribution in [1.82, 2.24) is 14.9 Å². The van der Waals surface area contributed by atoms with Gasteiger partial charge in [0, 0.05) is 28.5 Å². The van der Waals surface area contributed by atoms with Crippen molar-refractivity contribution in [2.45, 2.75) is 13.0 Å². The smallest absolute Gasteiger partial charge is 0.276 e. The second-order valence-electron chi connectivity index (χ2n) is 6.38. The van der Waals surface area contributed by atoms with Crippen LogP contribution in [0.15, 0.2) is 47.1 Å². The summed E-state index contributed by atoms with van der Waals surface area (Å²) >= 11 is 4.83. The minimum absolute atomic E-state index is 0.0751. The van der Waals surface area contributed by atoms with Gasteiger partial charge in [0.15, 0.2) is 5.13 Å². The lowest BCUT2D eigenvalue weighted by molar-refractivity contribution is 0.0734. The highest BCUT2D eigenvalue weighted by molar-refractivity contribution is 9.10. The molecule has 9 heteroatoms. The number of hydrogen-bond acceptors (Lipinski definition) is 6. The second kappa shape index (κ2) is 8.30. The summed E-state index contributed by atoms with van der Waals surface area (Å²) in [5, 5.41) is 3.31. The number of anilines is 1. The second-order valence-corrected chi connectivity index (χ2v) is 8.32. The van der Waals surface area contributed by atoms with Gasteiger partial charge < -0.3 is 9.64 Å². The number of carbonyl (C=O) groups excluding carboxylic acids is 2. The maximum atomic E-state index is 13.0. The Morgan fingerprint density at radius 1 is 1.28 bits per heavy atom. The van der Waals surface area contributed by atoms with Crippen molar-refractivity contribution in [2.24, 2.45) is 0 Å². The zero-order valence-corrected chi connectivity index (χ0v) is 17.9. The standard InChI is InChI=1S/C20H17BrN4O3S/c1-28-12-5-6-14(21)13(10-12)19(27)25-9-7-15-17(11-25)29-20(23-15)24-18(26)16-4-2-3-8-22-16/h2-6,8,10H,7,9,11H2,1H3,(H,23,24,26). The molecule has 0 bridgehead atoms. The molecule has 1 aliphatic rings. The first kappa shape index (κ1) is 19.5. The van der Waals surface area contributed by atoms with Crippen molar-refractivity contribution in [3.8, 4) is 5.75 Å². The first-order valence-electron chi connectivity index (χ1n) is 8.89. The number of rotatable bonds is 4. The number of ether oxygens (including phenoxy) is 1. The molecule has 29 heavy (non-hydrogen) atoms. The average Bonchev–Trinajstić information content (AvgIpc) is 3.15. The Morgan fingerprint density at radius 2 is 2.14 bits per heavy atom. The van der Waals surface area contributed by atoms with Crippen LogP contribution in [0, 0.1) is 0 Å². The number of pyridine rings is 1. The fourth-order valence-corrected chi connectivity index (χ4v) is 4.48. The van der Waals surface area contributed by atoms with Crippen LogP contribution in [0.5, 0.6) is 5.75 Å². The fraction of sp³-hybridized carbons (Fsp3) is 0.200. The number of benzene rings is 1. The molecule has 148 valence electrons. The number of aromatic nitrogens is 2. The van der Waals surface area contributed by atoms with Crippen molar-refractivity contribution >= 4 is 44.2 Å². The molecule has 3 heterocycles. The molecule has 1 aliphatic heterocycles. The van der Waals surface area contributed by atoms with E-state index < -0.39 is 0 Å². The highest BCUT2D eigenvalue weighted by atomic mass is 79.9. The molecular weight excluding hydrogens is 456 g/mol. The van der Waals surface area contributed by atoms with Gasteiger partial charge in [-0.2, -0.15) is 0 Å². The number of fused-ring (bicyclic) bond motifs is 1.